The normalized spacial score (nSPS) is 52.9. The van der Waals surface area contributed by atoms with Crippen molar-refractivity contribution in [3.05, 3.63) is 11.8 Å². The number of hydrogen-bond acceptors (Lipinski definition) is 6. The van der Waals surface area contributed by atoms with Gasteiger partial charge in [0.15, 0.2) is 6.79 Å². The smallest absolute Gasteiger partial charge is 0.189 e. The van der Waals surface area contributed by atoms with E-state index in [9.17, 15) is 0 Å². The highest BCUT2D eigenvalue weighted by atomic mass is 16.7. The highest BCUT2D eigenvalue weighted by molar-refractivity contribution is 5.11. The van der Waals surface area contributed by atoms with Gasteiger partial charge in [-0.25, -0.2) is 0 Å². The largest absolute Gasteiger partial charge is 0.469 e. The summed E-state index contributed by atoms with van der Waals surface area (Å²) in [5, 5.41) is 0. The fourth-order valence-corrected chi connectivity index (χ4v) is 6.24. The Morgan fingerprint density at radius 3 is 2.42 bits per heavy atom. The standard InChI is InChI=1S/C20H28O6/c1-3-15-17(25-9-23-15)5-11(1)19-13-7-22-20(14(13)8-21-19)12-2-4-16-18(6-12)26-10-24-16/h3,11-14,16-20H,1-2,4-10H2. The van der Waals surface area contributed by atoms with Crippen LogP contribution in [0.25, 0.3) is 0 Å². The van der Waals surface area contributed by atoms with Crippen molar-refractivity contribution in [2.45, 2.75) is 62.6 Å². The molecule has 9 unspecified atom stereocenters. The maximum Gasteiger partial charge on any atom is 0.189 e. The van der Waals surface area contributed by atoms with Gasteiger partial charge in [0.25, 0.3) is 0 Å². The van der Waals surface area contributed by atoms with Gasteiger partial charge in [-0.1, -0.05) is 0 Å². The monoisotopic (exact) mass is 364 g/mol. The van der Waals surface area contributed by atoms with Crippen LogP contribution in [0.5, 0.6) is 0 Å². The minimum absolute atomic E-state index is 0.143. The Balaban J connectivity index is 1.13. The topological polar surface area (TPSA) is 55.4 Å². The third kappa shape index (κ3) is 2.57. The summed E-state index contributed by atoms with van der Waals surface area (Å²) in [6, 6.07) is 0. The molecule has 144 valence electrons. The second-order valence-corrected chi connectivity index (χ2v) is 8.78. The number of ether oxygens (including phenoxy) is 6. The molecular weight excluding hydrogens is 336 g/mol. The Labute approximate surface area is 154 Å². The lowest BCUT2D eigenvalue weighted by atomic mass is 9.74. The summed E-state index contributed by atoms with van der Waals surface area (Å²) >= 11 is 0. The van der Waals surface area contributed by atoms with Crippen molar-refractivity contribution < 1.29 is 28.4 Å². The van der Waals surface area contributed by atoms with Crippen molar-refractivity contribution in [3.8, 4) is 0 Å². The van der Waals surface area contributed by atoms with Crippen LogP contribution in [0.4, 0.5) is 0 Å². The molecule has 0 radical (unpaired) electrons. The molecule has 0 aromatic heterocycles. The van der Waals surface area contributed by atoms with Crippen LogP contribution in [0, 0.1) is 23.7 Å². The molecular formula is C20H28O6. The zero-order valence-corrected chi connectivity index (χ0v) is 15.1. The van der Waals surface area contributed by atoms with Crippen molar-refractivity contribution in [2.24, 2.45) is 23.7 Å². The van der Waals surface area contributed by atoms with Gasteiger partial charge < -0.3 is 28.4 Å². The first-order valence-electron chi connectivity index (χ1n) is 10.3. The second kappa shape index (κ2) is 6.45. The molecule has 0 aromatic rings. The zero-order chi connectivity index (χ0) is 17.1. The first-order chi connectivity index (χ1) is 12.9. The van der Waals surface area contributed by atoms with Crippen LogP contribution in [0.2, 0.25) is 0 Å². The van der Waals surface area contributed by atoms with Gasteiger partial charge in [-0.3, -0.25) is 0 Å². The van der Waals surface area contributed by atoms with Gasteiger partial charge in [-0.05, 0) is 50.0 Å². The van der Waals surface area contributed by atoms with E-state index in [4.69, 9.17) is 28.4 Å². The first-order valence-corrected chi connectivity index (χ1v) is 10.3. The lowest BCUT2D eigenvalue weighted by molar-refractivity contribution is -0.0443. The van der Waals surface area contributed by atoms with Crippen LogP contribution in [-0.2, 0) is 28.4 Å². The molecule has 4 saturated heterocycles. The summed E-state index contributed by atoms with van der Waals surface area (Å²) in [6.07, 6.45) is 8.99. The van der Waals surface area contributed by atoms with E-state index in [1.165, 1.54) is 6.42 Å². The van der Waals surface area contributed by atoms with E-state index in [1.54, 1.807) is 0 Å². The zero-order valence-electron chi connectivity index (χ0n) is 15.1. The SMILES string of the molecule is C1=C2OCOC2CC(C2OCC3C2COC3C2CCC3OCOC3C2)C1. The van der Waals surface area contributed by atoms with Gasteiger partial charge in [0.2, 0.25) is 0 Å². The summed E-state index contributed by atoms with van der Waals surface area (Å²) in [7, 11) is 0. The second-order valence-electron chi connectivity index (χ2n) is 8.78. The molecule has 9 atom stereocenters. The van der Waals surface area contributed by atoms with Crippen molar-refractivity contribution in [1.82, 2.24) is 0 Å². The van der Waals surface area contributed by atoms with Gasteiger partial charge in [-0.2, -0.15) is 0 Å². The molecule has 0 spiro atoms. The number of hydrogen-bond donors (Lipinski definition) is 0. The lowest BCUT2D eigenvalue weighted by Crippen LogP contribution is -2.39. The molecule has 0 amide bonds. The Morgan fingerprint density at radius 2 is 1.54 bits per heavy atom. The van der Waals surface area contributed by atoms with Crippen molar-refractivity contribution in [1.29, 1.82) is 0 Å². The predicted molar refractivity (Wildman–Crippen MR) is 90.0 cm³/mol. The molecule has 0 N–H and O–H groups in total. The summed E-state index contributed by atoms with van der Waals surface area (Å²) in [4.78, 5) is 0. The summed E-state index contributed by atoms with van der Waals surface area (Å²) in [5.74, 6) is 3.20. The number of allylic oxidation sites excluding steroid dienone is 1. The van der Waals surface area contributed by atoms with Crippen molar-refractivity contribution >= 4 is 0 Å². The third-order valence-corrected chi connectivity index (χ3v) is 7.57. The average molecular weight is 364 g/mol. The van der Waals surface area contributed by atoms with E-state index in [-0.39, 0.29) is 12.2 Å². The van der Waals surface area contributed by atoms with E-state index in [0.29, 0.717) is 55.6 Å². The fraction of sp³-hybridized carbons (Fsp3) is 0.900. The molecule has 26 heavy (non-hydrogen) atoms. The summed E-state index contributed by atoms with van der Waals surface area (Å²) in [5.41, 5.74) is 0. The van der Waals surface area contributed by atoms with Gasteiger partial charge >= 0.3 is 0 Å². The van der Waals surface area contributed by atoms with E-state index in [0.717, 1.165) is 44.7 Å². The fourth-order valence-electron chi connectivity index (χ4n) is 6.24. The lowest BCUT2D eigenvalue weighted by Gasteiger charge is -2.34. The predicted octanol–water partition coefficient (Wildman–Crippen LogP) is 2.22. The van der Waals surface area contributed by atoms with Crippen LogP contribution < -0.4 is 0 Å². The minimum Gasteiger partial charge on any atom is -0.469 e. The third-order valence-electron chi connectivity index (χ3n) is 7.57. The van der Waals surface area contributed by atoms with E-state index in [1.807, 2.05) is 0 Å². The Kier molecular flexibility index (Phi) is 4.05. The van der Waals surface area contributed by atoms with Gasteiger partial charge in [0.1, 0.15) is 18.7 Å². The molecule has 6 heteroatoms. The summed E-state index contributed by atoms with van der Waals surface area (Å²) < 4.78 is 35.4. The van der Waals surface area contributed by atoms with Gasteiger partial charge in [0, 0.05) is 11.8 Å². The van der Waals surface area contributed by atoms with Crippen LogP contribution in [0.1, 0.15) is 32.1 Å². The molecule has 4 heterocycles. The van der Waals surface area contributed by atoms with Crippen molar-refractivity contribution in [2.75, 3.05) is 26.8 Å². The first kappa shape index (κ1) is 16.3. The molecule has 1 saturated carbocycles. The van der Waals surface area contributed by atoms with E-state index >= 15 is 0 Å². The molecule has 2 aliphatic carbocycles. The quantitative estimate of drug-likeness (QED) is 0.749. The molecule has 4 aliphatic heterocycles. The minimum atomic E-state index is 0.143. The van der Waals surface area contributed by atoms with E-state index < -0.39 is 0 Å². The molecule has 0 aromatic carbocycles. The highest BCUT2D eigenvalue weighted by Crippen LogP contribution is 2.48. The molecule has 6 nitrogen and oxygen atoms in total. The highest BCUT2D eigenvalue weighted by Gasteiger charge is 2.53. The Hall–Kier alpha value is -0.660. The average Bonchev–Trinajstić information content (AvgIpc) is 3.42. The molecule has 6 rings (SSSR count). The van der Waals surface area contributed by atoms with Gasteiger partial charge in [0.05, 0.1) is 37.6 Å². The van der Waals surface area contributed by atoms with Crippen LogP contribution in [0.15, 0.2) is 11.8 Å². The van der Waals surface area contributed by atoms with Gasteiger partial charge in [-0.15, -0.1) is 0 Å². The maximum absolute atomic E-state index is 6.37. The number of fused-ring (bicyclic) bond motifs is 3. The summed E-state index contributed by atoms with van der Waals surface area (Å²) in [6.45, 7) is 2.56. The van der Waals surface area contributed by atoms with Crippen molar-refractivity contribution in [3.63, 3.8) is 0 Å². The molecule has 6 aliphatic rings. The van der Waals surface area contributed by atoms with Crippen LogP contribution in [-0.4, -0.2) is 57.3 Å². The maximum atomic E-state index is 6.37. The number of rotatable bonds is 2. The van der Waals surface area contributed by atoms with Crippen LogP contribution >= 0.6 is 0 Å². The molecule has 5 fully saturated rings. The van der Waals surface area contributed by atoms with E-state index in [2.05, 4.69) is 6.08 Å². The Bertz CT molecular complexity index is 579. The Morgan fingerprint density at radius 1 is 0.731 bits per heavy atom. The molecule has 0 bridgehead atoms. The van der Waals surface area contributed by atoms with Crippen LogP contribution in [0.3, 0.4) is 0 Å².